The quantitative estimate of drug-likeness (QED) is 0.758. The first kappa shape index (κ1) is 11.9. The van der Waals surface area contributed by atoms with Gasteiger partial charge >= 0.3 is 0 Å². The molecule has 4 nitrogen and oxygen atoms in total. The second-order valence-electron chi connectivity index (χ2n) is 5.25. The van der Waals surface area contributed by atoms with Crippen molar-refractivity contribution in [1.82, 2.24) is 0 Å². The highest BCUT2D eigenvalue weighted by Gasteiger charge is 2.59. The summed E-state index contributed by atoms with van der Waals surface area (Å²) in [4.78, 5) is 0. The average Bonchev–Trinajstić information content (AvgIpc) is 2.36. The van der Waals surface area contributed by atoms with E-state index in [0.29, 0.717) is 19.1 Å². The average molecular weight is 242 g/mol. The molecule has 17 heavy (non-hydrogen) atoms. The summed E-state index contributed by atoms with van der Waals surface area (Å²) in [7, 11) is 0. The predicted molar refractivity (Wildman–Crippen MR) is 61.2 cm³/mol. The van der Waals surface area contributed by atoms with Crippen molar-refractivity contribution in [3.63, 3.8) is 0 Å². The summed E-state index contributed by atoms with van der Waals surface area (Å²) in [6, 6.07) is 0. The largest absolute Gasteiger partial charge is 0.345 e. The second-order valence-corrected chi connectivity index (χ2v) is 5.25. The summed E-state index contributed by atoms with van der Waals surface area (Å²) in [5.74, 6) is -0.195. The number of hydrogen-bond acceptors (Lipinski definition) is 4. The topological polar surface area (TPSA) is 36.9 Å². The van der Waals surface area contributed by atoms with Crippen LogP contribution in [0.25, 0.3) is 0 Å². The molecule has 1 aliphatic carbocycles. The van der Waals surface area contributed by atoms with Gasteiger partial charge in [0.2, 0.25) is 12.1 Å². The molecule has 4 rings (SSSR count). The van der Waals surface area contributed by atoms with Crippen LogP contribution in [0.15, 0.2) is 0 Å². The zero-order chi connectivity index (χ0) is 11.7. The monoisotopic (exact) mass is 242 g/mol. The van der Waals surface area contributed by atoms with E-state index < -0.39 is 5.79 Å². The molecule has 4 heteroatoms. The molecule has 3 aliphatic heterocycles. The molecule has 4 aliphatic rings. The van der Waals surface area contributed by atoms with E-state index in [0.717, 1.165) is 19.3 Å². The maximum Gasteiger partial charge on any atom is 0.223 e. The van der Waals surface area contributed by atoms with E-state index >= 15 is 0 Å². The second kappa shape index (κ2) is 4.84. The number of fused-ring (bicyclic) bond motifs is 2. The predicted octanol–water partition coefficient (Wildman–Crippen LogP) is 2.42. The van der Waals surface area contributed by atoms with Crippen molar-refractivity contribution in [3.8, 4) is 0 Å². The third kappa shape index (κ3) is 2.01. The molecule has 0 radical (unpaired) electrons. The van der Waals surface area contributed by atoms with Gasteiger partial charge in [0, 0.05) is 12.5 Å². The Morgan fingerprint density at radius 3 is 2.53 bits per heavy atom. The van der Waals surface area contributed by atoms with Crippen LogP contribution in [0.3, 0.4) is 0 Å². The Morgan fingerprint density at radius 2 is 1.94 bits per heavy atom. The molecule has 0 N–H and O–H groups in total. The molecule has 1 saturated carbocycles. The van der Waals surface area contributed by atoms with Gasteiger partial charge in [-0.05, 0) is 19.3 Å². The van der Waals surface area contributed by atoms with Gasteiger partial charge in [0.05, 0.1) is 0 Å². The Morgan fingerprint density at radius 1 is 1.18 bits per heavy atom. The lowest BCUT2D eigenvalue weighted by Gasteiger charge is -2.55. The zero-order valence-corrected chi connectivity index (χ0v) is 10.5. The van der Waals surface area contributed by atoms with Crippen LogP contribution >= 0.6 is 0 Å². The van der Waals surface area contributed by atoms with Gasteiger partial charge in [-0.1, -0.05) is 26.2 Å². The van der Waals surface area contributed by atoms with E-state index in [1.54, 1.807) is 0 Å². The Labute approximate surface area is 103 Å². The lowest BCUT2D eigenvalue weighted by Crippen LogP contribution is -2.68. The molecular formula is C13H22O4. The maximum atomic E-state index is 6.04. The van der Waals surface area contributed by atoms with Gasteiger partial charge in [-0.25, -0.2) is 0 Å². The first-order chi connectivity index (χ1) is 8.35. The molecule has 0 aromatic rings. The fourth-order valence-electron chi connectivity index (χ4n) is 3.12. The minimum atomic E-state index is -0.620. The van der Waals surface area contributed by atoms with E-state index in [1.807, 2.05) is 0 Å². The van der Waals surface area contributed by atoms with Crippen LogP contribution in [0.4, 0.5) is 0 Å². The Bertz CT molecular complexity index is 255. The van der Waals surface area contributed by atoms with E-state index in [9.17, 15) is 0 Å². The van der Waals surface area contributed by atoms with Crippen molar-refractivity contribution < 1.29 is 18.9 Å². The number of ether oxygens (including phenoxy) is 4. The van der Waals surface area contributed by atoms with Crippen molar-refractivity contribution >= 4 is 0 Å². The van der Waals surface area contributed by atoms with Crippen LogP contribution in [-0.4, -0.2) is 31.6 Å². The normalized spacial score (nSPS) is 42.2. The minimum absolute atomic E-state index is 0.151. The van der Waals surface area contributed by atoms with Crippen molar-refractivity contribution in [3.05, 3.63) is 0 Å². The summed E-state index contributed by atoms with van der Waals surface area (Å²) in [5.41, 5.74) is 0. The first-order valence-electron chi connectivity index (χ1n) is 6.94. The molecule has 0 aromatic heterocycles. The summed E-state index contributed by atoms with van der Waals surface area (Å²) in [5, 5.41) is 0. The summed E-state index contributed by atoms with van der Waals surface area (Å²) < 4.78 is 23.4. The van der Waals surface area contributed by atoms with Crippen LogP contribution in [0, 0.1) is 5.92 Å². The van der Waals surface area contributed by atoms with Gasteiger partial charge < -0.3 is 18.9 Å². The Balaban J connectivity index is 1.74. The highest BCUT2D eigenvalue weighted by molar-refractivity contribution is 4.92. The van der Waals surface area contributed by atoms with Gasteiger partial charge in [0.1, 0.15) is 6.61 Å². The highest BCUT2D eigenvalue weighted by atomic mass is 16.9. The summed E-state index contributed by atoms with van der Waals surface area (Å²) in [6.45, 7) is 3.34. The lowest BCUT2D eigenvalue weighted by atomic mass is 9.81. The summed E-state index contributed by atoms with van der Waals surface area (Å²) in [6.07, 6.45) is 6.74. The molecule has 1 unspecified atom stereocenters. The first-order valence-corrected chi connectivity index (χ1v) is 6.94. The van der Waals surface area contributed by atoms with Crippen molar-refractivity contribution in [2.24, 2.45) is 5.92 Å². The molecular weight excluding hydrogens is 220 g/mol. The van der Waals surface area contributed by atoms with Crippen molar-refractivity contribution in [1.29, 1.82) is 0 Å². The number of rotatable bonds is 4. The highest BCUT2D eigenvalue weighted by Crippen LogP contribution is 2.46. The van der Waals surface area contributed by atoms with Crippen molar-refractivity contribution in [2.75, 3.05) is 13.2 Å². The third-order valence-electron chi connectivity index (χ3n) is 4.03. The molecule has 0 spiro atoms. The minimum Gasteiger partial charge on any atom is -0.345 e. The maximum absolute atomic E-state index is 6.04. The standard InChI is InChI=1S/C13H22O4/c1-2-8-14-13(10-6-4-3-5-7-10)12-16-11(17-12)9-15-13/h10-12H,2-9H2,1H3. The van der Waals surface area contributed by atoms with Crippen LogP contribution in [-0.2, 0) is 18.9 Å². The van der Waals surface area contributed by atoms with E-state index in [-0.39, 0.29) is 12.6 Å². The fourth-order valence-corrected chi connectivity index (χ4v) is 3.12. The molecule has 3 heterocycles. The van der Waals surface area contributed by atoms with Gasteiger partial charge in [-0.3, -0.25) is 0 Å². The van der Waals surface area contributed by atoms with E-state index in [4.69, 9.17) is 18.9 Å². The summed E-state index contributed by atoms with van der Waals surface area (Å²) >= 11 is 0. The SMILES string of the molecule is CCCOC1(C2CCCCC2)OCC2OC1O2. The Kier molecular flexibility index (Phi) is 3.39. The fraction of sp³-hybridized carbons (Fsp3) is 1.00. The Hall–Kier alpha value is -0.160. The van der Waals surface area contributed by atoms with E-state index in [1.165, 1.54) is 19.3 Å². The van der Waals surface area contributed by atoms with Gasteiger partial charge in [0.25, 0.3) is 0 Å². The number of hydrogen-bond donors (Lipinski definition) is 0. The molecule has 1 atom stereocenters. The third-order valence-corrected chi connectivity index (χ3v) is 4.03. The molecule has 2 bridgehead atoms. The molecule has 0 aromatic carbocycles. The smallest absolute Gasteiger partial charge is 0.223 e. The molecule has 0 amide bonds. The molecule has 3 saturated heterocycles. The van der Waals surface area contributed by atoms with Crippen molar-refractivity contribution in [2.45, 2.75) is 63.8 Å². The van der Waals surface area contributed by atoms with Crippen LogP contribution in [0.5, 0.6) is 0 Å². The van der Waals surface area contributed by atoms with Gasteiger partial charge in [-0.2, -0.15) is 0 Å². The lowest BCUT2D eigenvalue weighted by molar-refractivity contribution is -0.534. The van der Waals surface area contributed by atoms with Gasteiger partial charge in [0.15, 0.2) is 6.29 Å². The van der Waals surface area contributed by atoms with Crippen LogP contribution < -0.4 is 0 Å². The zero-order valence-electron chi connectivity index (χ0n) is 10.5. The molecule has 98 valence electrons. The van der Waals surface area contributed by atoms with E-state index in [2.05, 4.69) is 6.92 Å². The van der Waals surface area contributed by atoms with Crippen LogP contribution in [0.2, 0.25) is 0 Å². The van der Waals surface area contributed by atoms with Crippen LogP contribution in [0.1, 0.15) is 45.4 Å². The molecule has 4 fully saturated rings. The van der Waals surface area contributed by atoms with Gasteiger partial charge in [-0.15, -0.1) is 0 Å².